The zero-order valence-electron chi connectivity index (χ0n) is 13.2. The number of anilines is 2. The highest BCUT2D eigenvalue weighted by Gasteiger charge is 2.22. The summed E-state index contributed by atoms with van der Waals surface area (Å²) in [5.74, 6) is 0.209. The van der Waals surface area contributed by atoms with E-state index in [4.69, 9.17) is 23.2 Å². The predicted molar refractivity (Wildman–Crippen MR) is 95.3 cm³/mol. The highest BCUT2D eigenvalue weighted by molar-refractivity contribution is 6.39. The molecule has 25 heavy (non-hydrogen) atoms. The van der Waals surface area contributed by atoms with Gasteiger partial charge in [0.1, 0.15) is 17.8 Å². The molecule has 7 nitrogen and oxygen atoms in total. The van der Waals surface area contributed by atoms with Gasteiger partial charge in [0.15, 0.2) is 0 Å². The third-order valence-corrected chi connectivity index (χ3v) is 4.48. The van der Waals surface area contributed by atoms with E-state index in [1.165, 1.54) is 6.33 Å². The Bertz CT molecular complexity index is 774. The molecule has 1 saturated heterocycles. The highest BCUT2D eigenvalue weighted by atomic mass is 35.5. The average Bonchev–Trinajstić information content (AvgIpc) is 2.64. The minimum atomic E-state index is -0.207. The van der Waals surface area contributed by atoms with Crippen LogP contribution in [-0.4, -0.2) is 58.3 Å². The Balaban J connectivity index is 1.75. The fraction of sp³-hybridized carbons (Fsp3) is 0.250. The molecule has 2 amide bonds. The van der Waals surface area contributed by atoms with E-state index in [0.29, 0.717) is 47.7 Å². The van der Waals surface area contributed by atoms with Gasteiger partial charge in [0.05, 0.1) is 15.7 Å². The van der Waals surface area contributed by atoms with Crippen LogP contribution < -0.4 is 5.32 Å². The highest BCUT2D eigenvalue weighted by Crippen LogP contribution is 2.32. The number of nitrogens with one attached hydrogen (secondary N) is 1. The van der Waals surface area contributed by atoms with E-state index in [1.54, 1.807) is 34.1 Å². The molecule has 130 valence electrons. The largest absolute Gasteiger partial charge is 0.342 e. The second-order valence-electron chi connectivity index (χ2n) is 5.44. The summed E-state index contributed by atoms with van der Waals surface area (Å²) < 4.78 is 0. The molecule has 0 saturated carbocycles. The number of benzene rings is 1. The van der Waals surface area contributed by atoms with E-state index in [-0.39, 0.29) is 11.6 Å². The maximum atomic E-state index is 12.6. The number of hydrogen-bond acceptors (Lipinski definition) is 5. The summed E-state index contributed by atoms with van der Waals surface area (Å²) in [6.45, 7) is 1.97. The molecule has 9 heteroatoms. The second-order valence-corrected chi connectivity index (χ2v) is 6.26. The summed E-state index contributed by atoms with van der Waals surface area (Å²) in [7, 11) is 0. The fourth-order valence-corrected chi connectivity index (χ4v) is 2.97. The molecular formula is C16H15Cl2N5O2. The van der Waals surface area contributed by atoms with Crippen molar-refractivity contribution in [3.8, 4) is 0 Å². The Morgan fingerprint density at radius 1 is 1.12 bits per heavy atom. The fourth-order valence-electron chi connectivity index (χ4n) is 2.48. The summed E-state index contributed by atoms with van der Waals surface area (Å²) in [5.41, 5.74) is 0.780. The van der Waals surface area contributed by atoms with Crippen LogP contribution in [0.1, 0.15) is 10.5 Å². The Kier molecular flexibility index (Phi) is 5.35. The van der Waals surface area contributed by atoms with Gasteiger partial charge >= 0.3 is 0 Å². The lowest BCUT2D eigenvalue weighted by molar-refractivity contribution is -0.119. The van der Waals surface area contributed by atoms with Gasteiger partial charge < -0.3 is 15.1 Å². The molecule has 1 aliphatic rings. The van der Waals surface area contributed by atoms with E-state index in [0.717, 1.165) is 6.41 Å². The van der Waals surface area contributed by atoms with Crippen LogP contribution in [0.4, 0.5) is 11.5 Å². The number of hydrogen-bond donors (Lipinski definition) is 1. The lowest BCUT2D eigenvalue weighted by Crippen LogP contribution is -2.48. The quantitative estimate of drug-likeness (QED) is 0.825. The Hall–Kier alpha value is -2.38. The number of nitrogens with zero attached hydrogens (tertiary/aromatic N) is 4. The van der Waals surface area contributed by atoms with Crippen LogP contribution in [0.3, 0.4) is 0 Å². The van der Waals surface area contributed by atoms with Crippen LogP contribution in [0, 0.1) is 0 Å². The smallest absolute Gasteiger partial charge is 0.272 e. The van der Waals surface area contributed by atoms with Gasteiger partial charge in [0.2, 0.25) is 6.41 Å². The summed E-state index contributed by atoms with van der Waals surface area (Å²) in [5, 5.41) is 3.91. The van der Waals surface area contributed by atoms with Gasteiger partial charge in [-0.1, -0.05) is 29.3 Å². The van der Waals surface area contributed by atoms with Crippen molar-refractivity contribution in [3.63, 3.8) is 0 Å². The lowest BCUT2D eigenvalue weighted by Gasteiger charge is -2.32. The molecule has 0 atom stereocenters. The number of halogens is 2. The molecule has 0 unspecified atom stereocenters. The first kappa shape index (κ1) is 17.4. The molecule has 2 heterocycles. The van der Waals surface area contributed by atoms with Crippen molar-refractivity contribution in [3.05, 3.63) is 46.3 Å². The van der Waals surface area contributed by atoms with Crippen LogP contribution in [0.25, 0.3) is 0 Å². The summed E-state index contributed by atoms with van der Waals surface area (Å²) in [6.07, 6.45) is 2.10. The number of carbonyl (C=O) groups excluding carboxylic acids is 2. The van der Waals surface area contributed by atoms with Crippen molar-refractivity contribution >= 4 is 47.0 Å². The van der Waals surface area contributed by atoms with Crippen molar-refractivity contribution in [2.45, 2.75) is 0 Å². The molecular weight excluding hydrogens is 365 g/mol. The number of amides is 2. The molecule has 0 bridgehead atoms. The first-order valence-electron chi connectivity index (χ1n) is 7.60. The number of piperazine rings is 1. The molecule has 1 aromatic carbocycles. The Morgan fingerprint density at radius 3 is 2.44 bits per heavy atom. The van der Waals surface area contributed by atoms with E-state index < -0.39 is 0 Å². The molecule has 3 rings (SSSR count). The Morgan fingerprint density at radius 2 is 1.80 bits per heavy atom. The molecule has 0 spiro atoms. The molecule has 2 aromatic rings. The van der Waals surface area contributed by atoms with Crippen molar-refractivity contribution in [2.75, 3.05) is 31.5 Å². The van der Waals surface area contributed by atoms with Crippen molar-refractivity contribution in [2.24, 2.45) is 0 Å². The number of aromatic nitrogens is 2. The van der Waals surface area contributed by atoms with Gasteiger partial charge in [0.25, 0.3) is 5.91 Å². The molecule has 0 radical (unpaired) electrons. The van der Waals surface area contributed by atoms with Crippen LogP contribution in [0.15, 0.2) is 30.6 Å². The number of carbonyl (C=O) groups is 2. The van der Waals surface area contributed by atoms with Gasteiger partial charge in [-0.05, 0) is 12.1 Å². The van der Waals surface area contributed by atoms with Crippen molar-refractivity contribution in [1.29, 1.82) is 0 Å². The first-order chi connectivity index (χ1) is 12.1. The lowest BCUT2D eigenvalue weighted by atomic mass is 10.2. The molecule has 1 fully saturated rings. The Labute approximate surface area is 154 Å². The maximum absolute atomic E-state index is 12.6. The third kappa shape index (κ3) is 4.00. The van der Waals surface area contributed by atoms with Crippen molar-refractivity contribution in [1.82, 2.24) is 19.8 Å². The van der Waals surface area contributed by atoms with E-state index >= 15 is 0 Å². The zero-order valence-corrected chi connectivity index (χ0v) is 14.7. The van der Waals surface area contributed by atoms with Crippen LogP contribution in [-0.2, 0) is 4.79 Å². The summed E-state index contributed by atoms with van der Waals surface area (Å²) in [4.78, 5) is 34.8. The van der Waals surface area contributed by atoms with E-state index in [9.17, 15) is 9.59 Å². The number of rotatable bonds is 4. The molecule has 0 aliphatic carbocycles. The minimum Gasteiger partial charge on any atom is -0.342 e. The number of para-hydroxylation sites is 1. The topological polar surface area (TPSA) is 78.4 Å². The van der Waals surface area contributed by atoms with Crippen LogP contribution in [0.5, 0.6) is 0 Å². The van der Waals surface area contributed by atoms with Gasteiger partial charge in [0, 0.05) is 32.2 Å². The zero-order chi connectivity index (χ0) is 17.8. The summed E-state index contributed by atoms with van der Waals surface area (Å²) in [6, 6.07) is 6.70. The van der Waals surface area contributed by atoms with E-state index in [1.807, 2.05) is 0 Å². The minimum absolute atomic E-state index is 0.207. The monoisotopic (exact) mass is 379 g/mol. The molecule has 1 N–H and O–H groups in total. The second kappa shape index (κ2) is 7.67. The standard InChI is InChI=1S/C16H15Cl2N5O2/c17-11-2-1-3-12(18)15(11)21-14-8-13(19-9-20-14)16(25)23-6-4-22(10-24)5-7-23/h1-3,8-10H,4-7H2,(H,19,20,21). The van der Waals surface area contributed by atoms with Gasteiger partial charge in [-0.15, -0.1) is 0 Å². The summed E-state index contributed by atoms with van der Waals surface area (Å²) >= 11 is 12.3. The maximum Gasteiger partial charge on any atom is 0.272 e. The first-order valence-corrected chi connectivity index (χ1v) is 8.36. The van der Waals surface area contributed by atoms with Crippen molar-refractivity contribution < 1.29 is 9.59 Å². The van der Waals surface area contributed by atoms with E-state index in [2.05, 4.69) is 15.3 Å². The molecule has 1 aromatic heterocycles. The average molecular weight is 380 g/mol. The molecule has 1 aliphatic heterocycles. The van der Waals surface area contributed by atoms with Gasteiger partial charge in [-0.3, -0.25) is 9.59 Å². The SMILES string of the molecule is O=CN1CCN(C(=O)c2cc(Nc3c(Cl)cccc3Cl)ncn2)CC1. The van der Waals surface area contributed by atoms with Gasteiger partial charge in [-0.2, -0.15) is 0 Å². The van der Waals surface area contributed by atoms with Gasteiger partial charge in [-0.25, -0.2) is 9.97 Å². The predicted octanol–water partition coefficient (Wildman–Crippen LogP) is 2.44. The third-order valence-electron chi connectivity index (χ3n) is 3.85. The normalized spacial score (nSPS) is 14.3. The van der Waals surface area contributed by atoms with Crippen LogP contribution in [0.2, 0.25) is 10.0 Å². The van der Waals surface area contributed by atoms with Crippen LogP contribution >= 0.6 is 23.2 Å².